The van der Waals surface area contributed by atoms with Gasteiger partial charge in [0.1, 0.15) is 21.6 Å². The Morgan fingerprint density at radius 2 is 1.87 bits per heavy atom. The van der Waals surface area contributed by atoms with Crippen molar-refractivity contribution in [3.05, 3.63) is 58.6 Å². The van der Waals surface area contributed by atoms with Crippen molar-refractivity contribution in [3.63, 3.8) is 0 Å². The van der Waals surface area contributed by atoms with Gasteiger partial charge in [-0.2, -0.15) is 0 Å². The largest absolute Gasteiger partial charge is 0.493 e. The molecule has 6 nitrogen and oxygen atoms in total. The molecule has 0 aliphatic heterocycles. The number of benzene rings is 2. The fraction of sp³-hybridized carbons (Fsp3) is 0.286. The van der Waals surface area contributed by atoms with E-state index in [2.05, 4.69) is 10.2 Å². The van der Waals surface area contributed by atoms with Crippen LogP contribution >= 0.6 is 11.3 Å². The predicted octanol–water partition coefficient (Wildman–Crippen LogP) is 4.66. The zero-order valence-electron chi connectivity index (χ0n) is 16.2. The molecule has 1 heterocycles. The van der Waals surface area contributed by atoms with Crippen molar-refractivity contribution in [1.29, 1.82) is 0 Å². The number of hydrogen-bond donors (Lipinski definition) is 1. The highest BCUT2D eigenvalue weighted by Crippen LogP contribution is 2.27. The zero-order chi connectivity index (χ0) is 21.5. The van der Waals surface area contributed by atoms with Crippen LogP contribution in [0.25, 0.3) is 10.6 Å². The van der Waals surface area contributed by atoms with Gasteiger partial charge >= 0.3 is 5.97 Å². The molecule has 3 aromatic rings. The Bertz CT molecular complexity index is 1030. The highest BCUT2D eigenvalue weighted by molar-refractivity contribution is 7.14. The van der Waals surface area contributed by atoms with Crippen LogP contribution < -0.4 is 9.47 Å². The first-order valence-corrected chi connectivity index (χ1v) is 10.1. The second kappa shape index (κ2) is 10.1. The van der Waals surface area contributed by atoms with Gasteiger partial charge in [0.15, 0.2) is 11.6 Å². The molecule has 0 aliphatic rings. The van der Waals surface area contributed by atoms with Gasteiger partial charge in [-0.05, 0) is 43.2 Å². The molecule has 1 aromatic heterocycles. The van der Waals surface area contributed by atoms with Crippen LogP contribution in [-0.4, -0.2) is 34.5 Å². The van der Waals surface area contributed by atoms with Gasteiger partial charge in [0.05, 0.1) is 13.2 Å². The summed E-state index contributed by atoms with van der Waals surface area (Å²) in [7, 11) is 0. The van der Waals surface area contributed by atoms with Crippen LogP contribution in [0.15, 0.2) is 36.4 Å². The van der Waals surface area contributed by atoms with E-state index in [4.69, 9.17) is 14.6 Å². The number of ether oxygens (including phenoxy) is 2. The number of halogens is 2. The number of rotatable bonds is 10. The molecule has 0 saturated carbocycles. The molecule has 2 aromatic carbocycles. The second-order valence-corrected chi connectivity index (χ2v) is 7.65. The summed E-state index contributed by atoms with van der Waals surface area (Å²) >= 11 is 1.38. The van der Waals surface area contributed by atoms with Crippen LogP contribution in [0.2, 0.25) is 0 Å². The van der Waals surface area contributed by atoms with Gasteiger partial charge < -0.3 is 14.6 Å². The first kappa shape index (κ1) is 21.6. The van der Waals surface area contributed by atoms with Crippen molar-refractivity contribution < 1.29 is 28.2 Å². The third-order valence-electron chi connectivity index (χ3n) is 4.15. The average molecular weight is 434 g/mol. The number of aromatic nitrogens is 2. The van der Waals surface area contributed by atoms with Crippen molar-refractivity contribution in [1.82, 2.24) is 10.2 Å². The number of hydrogen-bond acceptors (Lipinski definition) is 6. The first-order valence-electron chi connectivity index (χ1n) is 9.28. The Kier molecular flexibility index (Phi) is 7.29. The van der Waals surface area contributed by atoms with Gasteiger partial charge in [0, 0.05) is 24.5 Å². The molecule has 30 heavy (non-hydrogen) atoms. The van der Waals surface area contributed by atoms with E-state index in [0.717, 1.165) is 5.01 Å². The maximum Gasteiger partial charge on any atom is 0.303 e. The number of carboxylic acid groups (broad SMARTS) is 1. The summed E-state index contributed by atoms with van der Waals surface area (Å²) in [5, 5.41) is 18.0. The minimum atomic E-state index is -0.976. The fourth-order valence-corrected chi connectivity index (χ4v) is 3.35. The van der Waals surface area contributed by atoms with Crippen LogP contribution in [-0.2, 0) is 11.2 Å². The molecule has 0 spiro atoms. The SMILES string of the molecule is Cc1nnc(-c2ccc(OCCCOc3ccc(CCC(=O)O)c(F)c3)c(F)c2)s1. The fourth-order valence-electron chi connectivity index (χ4n) is 2.66. The summed E-state index contributed by atoms with van der Waals surface area (Å²) in [6.45, 7) is 2.32. The van der Waals surface area contributed by atoms with Gasteiger partial charge in [-0.3, -0.25) is 4.79 Å². The molecule has 0 amide bonds. The van der Waals surface area contributed by atoms with Crippen molar-refractivity contribution in [3.8, 4) is 22.1 Å². The molecule has 0 saturated heterocycles. The van der Waals surface area contributed by atoms with E-state index in [1.54, 1.807) is 18.2 Å². The normalized spacial score (nSPS) is 10.8. The van der Waals surface area contributed by atoms with Crippen molar-refractivity contribution in [2.75, 3.05) is 13.2 Å². The Morgan fingerprint density at radius 1 is 1.07 bits per heavy atom. The molecule has 158 valence electrons. The smallest absolute Gasteiger partial charge is 0.303 e. The summed E-state index contributed by atoms with van der Waals surface area (Å²) in [4.78, 5) is 10.6. The minimum absolute atomic E-state index is 0.123. The Morgan fingerprint density at radius 3 is 2.53 bits per heavy atom. The Hall–Kier alpha value is -3.07. The van der Waals surface area contributed by atoms with Gasteiger partial charge in [0.2, 0.25) is 0 Å². The third-order valence-corrected chi connectivity index (χ3v) is 5.04. The average Bonchev–Trinajstić information content (AvgIpc) is 3.14. The number of carbonyl (C=O) groups is 1. The molecule has 9 heteroatoms. The minimum Gasteiger partial charge on any atom is -0.493 e. The maximum absolute atomic E-state index is 14.2. The number of aryl methyl sites for hydroxylation is 2. The number of aliphatic carboxylic acids is 1. The third kappa shape index (κ3) is 5.96. The van der Waals surface area contributed by atoms with Crippen LogP contribution in [0, 0.1) is 18.6 Å². The van der Waals surface area contributed by atoms with Gasteiger partial charge in [-0.15, -0.1) is 10.2 Å². The standard InChI is InChI=1S/C21H20F2N2O4S/c1-13-24-25-21(30-13)15-4-7-19(18(23)11-15)29-10-2-9-28-16-6-3-14(17(22)12-16)5-8-20(26)27/h3-4,6-7,11-12H,2,5,8-10H2,1H3,(H,26,27). The molecule has 0 atom stereocenters. The van der Waals surface area contributed by atoms with Crippen LogP contribution in [0.3, 0.4) is 0 Å². The lowest BCUT2D eigenvalue weighted by molar-refractivity contribution is -0.136. The Labute approximate surface area is 176 Å². The van der Waals surface area contributed by atoms with E-state index in [-0.39, 0.29) is 31.8 Å². The van der Waals surface area contributed by atoms with E-state index in [1.165, 1.54) is 29.5 Å². The molecule has 0 bridgehead atoms. The van der Waals surface area contributed by atoms with Gasteiger partial charge in [-0.25, -0.2) is 8.78 Å². The maximum atomic E-state index is 14.2. The molecule has 1 N–H and O–H groups in total. The lowest BCUT2D eigenvalue weighted by Gasteiger charge is -2.10. The van der Waals surface area contributed by atoms with Gasteiger partial charge in [-0.1, -0.05) is 17.4 Å². The molecule has 0 fully saturated rings. The second-order valence-electron chi connectivity index (χ2n) is 6.47. The molecule has 0 aliphatic carbocycles. The summed E-state index contributed by atoms with van der Waals surface area (Å²) in [5.74, 6) is -1.49. The molecule has 3 rings (SSSR count). The van der Waals surface area contributed by atoms with E-state index in [0.29, 0.717) is 28.3 Å². The van der Waals surface area contributed by atoms with E-state index in [1.807, 2.05) is 6.92 Å². The van der Waals surface area contributed by atoms with E-state index in [9.17, 15) is 13.6 Å². The summed E-state index contributed by atoms with van der Waals surface area (Å²) < 4.78 is 39.1. The highest BCUT2D eigenvalue weighted by atomic mass is 32.1. The molecular formula is C21H20F2N2O4S. The monoisotopic (exact) mass is 434 g/mol. The molecule has 0 radical (unpaired) electrons. The van der Waals surface area contributed by atoms with Crippen LogP contribution in [0.4, 0.5) is 8.78 Å². The van der Waals surface area contributed by atoms with Gasteiger partial charge in [0.25, 0.3) is 0 Å². The number of carboxylic acids is 1. The quantitative estimate of drug-likeness (QED) is 0.468. The predicted molar refractivity (Wildman–Crippen MR) is 108 cm³/mol. The molecule has 0 unspecified atom stereocenters. The highest BCUT2D eigenvalue weighted by Gasteiger charge is 2.10. The van der Waals surface area contributed by atoms with E-state index < -0.39 is 17.6 Å². The lowest BCUT2D eigenvalue weighted by atomic mass is 10.1. The topological polar surface area (TPSA) is 81.5 Å². The van der Waals surface area contributed by atoms with Crippen molar-refractivity contribution >= 4 is 17.3 Å². The van der Waals surface area contributed by atoms with Crippen LogP contribution in [0.1, 0.15) is 23.4 Å². The lowest BCUT2D eigenvalue weighted by Crippen LogP contribution is -2.06. The van der Waals surface area contributed by atoms with Crippen molar-refractivity contribution in [2.24, 2.45) is 0 Å². The summed E-state index contributed by atoms with van der Waals surface area (Å²) in [6, 6.07) is 8.97. The zero-order valence-corrected chi connectivity index (χ0v) is 17.0. The first-order chi connectivity index (χ1) is 14.4. The van der Waals surface area contributed by atoms with Crippen LogP contribution in [0.5, 0.6) is 11.5 Å². The van der Waals surface area contributed by atoms with E-state index >= 15 is 0 Å². The summed E-state index contributed by atoms with van der Waals surface area (Å²) in [6.07, 6.45) is 0.462. The van der Waals surface area contributed by atoms with Crippen molar-refractivity contribution in [2.45, 2.75) is 26.2 Å². The Balaban J connectivity index is 1.44. The summed E-state index contributed by atoms with van der Waals surface area (Å²) in [5.41, 5.74) is 0.971. The molecular weight excluding hydrogens is 414 g/mol. The number of nitrogens with zero attached hydrogens (tertiary/aromatic N) is 2.